The van der Waals surface area contributed by atoms with Gasteiger partial charge in [0.2, 0.25) is 11.8 Å². The SMILES string of the molecule is CC(C)CC(N)C(=O)N1CCCCCCCCCCC(N)C1=O. The number of nitrogens with zero attached hydrogens (tertiary/aromatic N) is 1. The van der Waals surface area contributed by atoms with Crippen LogP contribution in [0.5, 0.6) is 0 Å². The van der Waals surface area contributed by atoms with Crippen LogP contribution in [0.1, 0.15) is 78.1 Å². The van der Waals surface area contributed by atoms with Crippen molar-refractivity contribution < 1.29 is 9.59 Å². The second kappa shape index (κ2) is 10.8. The Bertz CT molecular complexity index is 371. The van der Waals surface area contributed by atoms with Crippen LogP contribution in [0.3, 0.4) is 0 Å². The van der Waals surface area contributed by atoms with E-state index in [2.05, 4.69) is 0 Å². The van der Waals surface area contributed by atoms with E-state index in [4.69, 9.17) is 11.5 Å². The van der Waals surface area contributed by atoms with Crippen LogP contribution < -0.4 is 11.5 Å². The molecule has 134 valence electrons. The van der Waals surface area contributed by atoms with Gasteiger partial charge in [-0.15, -0.1) is 0 Å². The van der Waals surface area contributed by atoms with E-state index in [1.807, 2.05) is 13.8 Å². The molecule has 0 aromatic heterocycles. The van der Waals surface area contributed by atoms with Crippen LogP contribution in [0.2, 0.25) is 0 Å². The first-order chi connectivity index (χ1) is 10.9. The molecule has 1 aliphatic rings. The van der Waals surface area contributed by atoms with Crippen LogP contribution in [-0.2, 0) is 9.59 Å². The first-order valence-corrected chi connectivity index (χ1v) is 9.30. The summed E-state index contributed by atoms with van der Waals surface area (Å²) in [6, 6.07) is -1.19. The molecule has 0 aromatic rings. The summed E-state index contributed by atoms with van der Waals surface area (Å²) in [5.41, 5.74) is 12.1. The zero-order valence-electron chi connectivity index (χ0n) is 14.9. The molecule has 5 heteroatoms. The van der Waals surface area contributed by atoms with Crippen LogP contribution in [0.4, 0.5) is 0 Å². The minimum Gasteiger partial charge on any atom is -0.320 e. The minimum atomic E-state index is -0.609. The monoisotopic (exact) mass is 325 g/mol. The highest BCUT2D eigenvalue weighted by Gasteiger charge is 2.29. The summed E-state index contributed by atoms with van der Waals surface area (Å²) < 4.78 is 0. The summed E-state index contributed by atoms with van der Waals surface area (Å²) in [6.45, 7) is 4.51. The standard InChI is InChI=1S/C18H35N3O2/c1-14(2)13-16(20)18(23)21-12-10-8-6-4-3-5-7-9-11-15(19)17(21)22/h14-16H,3-13,19-20H2,1-2H3. The molecule has 2 unspecified atom stereocenters. The maximum absolute atomic E-state index is 12.6. The molecule has 2 atom stereocenters. The molecule has 0 spiro atoms. The molecule has 4 N–H and O–H groups in total. The maximum Gasteiger partial charge on any atom is 0.246 e. The van der Waals surface area contributed by atoms with Gasteiger partial charge < -0.3 is 11.5 Å². The van der Waals surface area contributed by atoms with Crippen LogP contribution >= 0.6 is 0 Å². The van der Waals surface area contributed by atoms with Gasteiger partial charge in [-0.2, -0.15) is 0 Å². The van der Waals surface area contributed by atoms with E-state index >= 15 is 0 Å². The Kier molecular flexibility index (Phi) is 9.41. The van der Waals surface area contributed by atoms with E-state index in [9.17, 15) is 9.59 Å². The fourth-order valence-corrected chi connectivity index (χ4v) is 3.16. The molecule has 0 aromatic carbocycles. The lowest BCUT2D eigenvalue weighted by Crippen LogP contribution is -2.52. The van der Waals surface area contributed by atoms with Crippen LogP contribution in [0.15, 0.2) is 0 Å². The van der Waals surface area contributed by atoms with E-state index in [0.29, 0.717) is 25.3 Å². The van der Waals surface area contributed by atoms with Crippen molar-refractivity contribution in [2.24, 2.45) is 17.4 Å². The van der Waals surface area contributed by atoms with Gasteiger partial charge in [-0.25, -0.2) is 0 Å². The van der Waals surface area contributed by atoms with Gasteiger partial charge >= 0.3 is 0 Å². The molecular weight excluding hydrogens is 290 g/mol. The predicted octanol–water partition coefficient (Wildman–Crippen LogP) is 2.57. The average Bonchev–Trinajstić information content (AvgIpc) is 2.51. The molecule has 1 saturated heterocycles. The number of nitrogens with two attached hydrogens (primary N) is 2. The highest BCUT2D eigenvalue weighted by atomic mass is 16.2. The van der Waals surface area contributed by atoms with Crippen molar-refractivity contribution in [1.82, 2.24) is 4.90 Å². The minimum absolute atomic E-state index is 0.242. The molecule has 1 fully saturated rings. The van der Waals surface area contributed by atoms with Gasteiger partial charge in [0.15, 0.2) is 0 Å². The van der Waals surface area contributed by atoms with Gasteiger partial charge in [0.05, 0.1) is 12.1 Å². The van der Waals surface area contributed by atoms with E-state index in [0.717, 1.165) is 25.7 Å². The Hall–Kier alpha value is -0.940. The molecule has 1 aliphatic heterocycles. The second-order valence-electron chi connectivity index (χ2n) is 7.29. The smallest absolute Gasteiger partial charge is 0.246 e. The first-order valence-electron chi connectivity index (χ1n) is 9.30. The molecule has 0 aliphatic carbocycles. The normalized spacial score (nSPS) is 23.8. The lowest BCUT2D eigenvalue weighted by atomic mass is 10.0. The van der Waals surface area contributed by atoms with Crippen LogP contribution in [-0.4, -0.2) is 35.3 Å². The van der Waals surface area contributed by atoms with Gasteiger partial charge in [-0.3, -0.25) is 14.5 Å². The van der Waals surface area contributed by atoms with Gasteiger partial charge in [0, 0.05) is 6.54 Å². The van der Waals surface area contributed by atoms with Crippen molar-refractivity contribution in [2.45, 2.75) is 90.1 Å². The number of hydrogen-bond acceptors (Lipinski definition) is 4. The third-order valence-electron chi connectivity index (χ3n) is 4.54. The number of hydrogen-bond donors (Lipinski definition) is 2. The zero-order chi connectivity index (χ0) is 17.2. The largest absolute Gasteiger partial charge is 0.320 e. The highest BCUT2D eigenvalue weighted by molar-refractivity contribution is 5.99. The van der Waals surface area contributed by atoms with Gasteiger partial charge in [0.25, 0.3) is 0 Å². The van der Waals surface area contributed by atoms with Crippen molar-refractivity contribution >= 4 is 11.8 Å². The summed E-state index contributed by atoms with van der Waals surface area (Å²) in [6.07, 6.45) is 10.1. The molecule has 1 rings (SSSR count). The molecular formula is C18H35N3O2. The molecule has 0 bridgehead atoms. The summed E-state index contributed by atoms with van der Waals surface area (Å²) in [5.74, 6) is -0.170. The Labute approximate surface area is 141 Å². The number of amides is 2. The zero-order valence-corrected chi connectivity index (χ0v) is 14.9. The van der Waals surface area contributed by atoms with Crippen molar-refractivity contribution in [3.63, 3.8) is 0 Å². The maximum atomic E-state index is 12.6. The fourth-order valence-electron chi connectivity index (χ4n) is 3.16. The Morgan fingerprint density at radius 2 is 1.61 bits per heavy atom. The van der Waals surface area contributed by atoms with E-state index in [-0.39, 0.29) is 11.8 Å². The summed E-state index contributed by atoms with van der Waals surface area (Å²) >= 11 is 0. The number of rotatable bonds is 3. The van der Waals surface area contributed by atoms with Crippen LogP contribution in [0, 0.1) is 5.92 Å². The molecule has 0 radical (unpaired) electrons. The molecule has 1 heterocycles. The van der Waals surface area contributed by atoms with Crippen molar-refractivity contribution in [3.8, 4) is 0 Å². The molecule has 5 nitrogen and oxygen atoms in total. The number of carbonyl (C=O) groups excluding carboxylic acids is 2. The quantitative estimate of drug-likeness (QED) is 0.834. The second-order valence-corrected chi connectivity index (χ2v) is 7.29. The Morgan fingerprint density at radius 1 is 1.09 bits per heavy atom. The van der Waals surface area contributed by atoms with E-state index in [1.54, 1.807) is 0 Å². The lowest BCUT2D eigenvalue weighted by molar-refractivity contribution is -0.147. The lowest BCUT2D eigenvalue weighted by Gasteiger charge is -2.27. The van der Waals surface area contributed by atoms with E-state index < -0.39 is 12.1 Å². The van der Waals surface area contributed by atoms with Crippen molar-refractivity contribution in [3.05, 3.63) is 0 Å². The Morgan fingerprint density at radius 3 is 2.17 bits per heavy atom. The van der Waals surface area contributed by atoms with Gasteiger partial charge in [-0.05, 0) is 25.2 Å². The fraction of sp³-hybridized carbons (Fsp3) is 0.889. The van der Waals surface area contributed by atoms with Gasteiger partial charge in [0.1, 0.15) is 0 Å². The van der Waals surface area contributed by atoms with Crippen molar-refractivity contribution in [2.75, 3.05) is 6.54 Å². The predicted molar refractivity (Wildman–Crippen MR) is 93.7 cm³/mol. The summed E-state index contributed by atoms with van der Waals surface area (Å²) in [4.78, 5) is 26.5. The molecule has 2 amide bonds. The Balaban J connectivity index is 2.75. The molecule has 23 heavy (non-hydrogen) atoms. The first kappa shape index (κ1) is 20.1. The summed E-state index contributed by atoms with van der Waals surface area (Å²) in [7, 11) is 0. The average molecular weight is 325 g/mol. The third kappa shape index (κ3) is 7.44. The van der Waals surface area contributed by atoms with Crippen LogP contribution in [0.25, 0.3) is 0 Å². The highest BCUT2D eigenvalue weighted by Crippen LogP contribution is 2.15. The van der Waals surface area contributed by atoms with E-state index in [1.165, 1.54) is 30.6 Å². The summed E-state index contributed by atoms with van der Waals surface area (Å²) in [5, 5.41) is 0. The number of carbonyl (C=O) groups is 2. The van der Waals surface area contributed by atoms with Crippen molar-refractivity contribution in [1.29, 1.82) is 0 Å². The topological polar surface area (TPSA) is 89.4 Å². The number of imide groups is 1. The third-order valence-corrected chi connectivity index (χ3v) is 4.54. The molecule has 0 saturated carbocycles. The van der Waals surface area contributed by atoms with Gasteiger partial charge in [-0.1, -0.05) is 58.8 Å².